The largest absolute Gasteiger partial charge is 0.481 e. The Labute approximate surface area is 99.1 Å². The van der Waals surface area contributed by atoms with Gasteiger partial charge >= 0.3 is 5.97 Å². The second-order valence-electron chi connectivity index (χ2n) is 4.82. The molecule has 5 heteroatoms. The first kappa shape index (κ1) is 11.8. The molecule has 0 saturated carbocycles. The second-order valence-corrected chi connectivity index (χ2v) is 4.82. The number of hydrogen-bond donors (Lipinski definition) is 1. The van der Waals surface area contributed by atoms with Crippen molar-refractivity contribution >= 4 is 17.8 Å². The number of fused-ring (bicyclic) bond motifs is 1. The number of aliphatic carboxylic acids is 1. The van der Waals surface area contributed by atoms with Crippen LogP contribution in [0.1, 0.15) is 26.2 Å². The summed E-state index contributed by atoms with van der Waals surface area (Å²) in [6.07, 6.45) is 4.78. The molecule has 0 unspecified atom stereocenters. The SMILES string of the molecule is C[C@]12CC=CC[C@@H]1C(=O)N(CCC(=O)O)C2=O. The lowest BCUT2D eigenvalue weighted by Gasteiger charge is -2.27. The van der Waals surface area contributed by atoms with Gasteiger partial charge in [-0.25, -0.2) is 0 Å². The molecule has 0 radical (unpaired) electrons. The molecule has 1 saturated heterocycles. The van der Waals surface area contributed by atoms with Crippen LogP contribution < -0.4 is 0 Å². The third-order valence-corrected chi connectivity index (χ3v) is 3.70. The molecule has 2 rings (SSSR count). The topological polar surface area (TPSA) is 74.7 Å². The molecule has 1 fully saturated rings. The fourth-order valence-corrected chi connectivity index (χ4v) is 2.59. The average Bonchev–Trinajstić information content (AvgIpc) is 2.46. The fraction of sp³-hybridized carbons (Fsp3) is 0.583. The van der Waals surface area contributed by atoms with Crippen molar-refractivity contribution in [3.63, 3.8) is 0 Å². The smallest absolute Gasteiger partial charge is 0.305 e. The van der Waals surface area contributed by atoms with Crippen LogP contribution in [-0.2, 0) is 14.4 Å². The number of hydrogen-bond acceptors (Lipinski definition) is 3. The number of rotatable bonds is 3. The van der Waals surface area contributed by atoms with Crippen LogP contribution in [-0.4, -0.2) is 34.3 Å². The Bertz CT molecular complexity index is 415. The highest BCUT2D eigenvalue weighted by atomic mass is 16.4. The molecule has 2 atom stereocenters. The van der Waals surface area contributed by atoms with E-state index in [0.29, 0.717) is 12.8 Å². The zero-order valence-electron chi connectivity index (χ0n) is 9.68. The van der Waals surface area contributed by atoms with Gasteiger partial charge < -0.3 is 5.11 Å². The Hall–Kier alpha value is -1.65. The van der Waals surface area contributed by atoms with E-state index in [4.69, 9.17) is 5.11 Å². The Morgan fingerprint density at radius 2 is 2.24 bits per heavy atom. The molecule has 2 amide bonds. The van der Waals surface area contributed by atoms with E-state index in [-0.39, 0.29) is 30.7 Å². The predicted molar refractivity (Wildman–Crippen MR) is 58.9 cm³/mol. The van der Waals surface area contributed by atoms with Gasteiger partial charge in [0.25, 0.3) is 0 Å². The predicted octanol–water partition coefficient (Wildman–Crippen LogP) is 0.802. The van der Waals surface area contributed by atoms with Crippen molar-refractivity contribution in [2.24, 2.45) is 11.3 Å². The summed E-state index contributed by atoms with van der Waals surface area (Å²) >= 11 is 0. The molecule has 17 heavy (non-hydrogen) atoms. The first-order chi connectivity index (χ1) is 7.97. The number of carboxylic acid groups (broad SMARTS) is 1. The minimum Gasteiger partial charge on any atom is -0.481 e. The van der Waals surface area contributed by atoms with Crippen molar-refractivity contribution in [1.82, 2.24) is 4.90 Å². The Balaban J connectivity index is 2.19. The molecular weight excluding hydrogens is 222 g/mol. The molecule has 0 aromatic heterocycles. The van der Waals surface area contributed by atoms with Gasteiger partial charge in [-0.3, -0.25) is 19.3 Å². The molecule has 1 heterocycles. The van der Waals surface area contributed by atoms with Gasteiger partial charge in [0.05, 0.1) is 17.8 Å². The van der Waals surface area contributed by atoms with E-state index in [1.54, 1.807) is 6.92 Å². The molecule has 2 aliphatic rings. The van der Waals surface area contributed by atoms with Crippen LogP contribution in [0.4, 0.5) is 0 Å². The zero-order valence-corrected chi connectivity index (χ0v) is 9.68. The van der Waals surface area contributed by atoms with E-state index in [0.717, 1.165) is 4.90 Å². The summed E-state index contributed by atoms with van der Waals surface area (Å²) in [4.78, 5) is 35.8. The summed E-state index contributed by atoms with van der Waals surface area (Å²) in [6, 6.07) is 0. The molecule has 0 spiro atoms. The van der Waals surface area contributed by atoms with Gasteiger partial charge in [0, 0.05) is 6.54 Å². The molecule has 0 aromatic carbocycles. The quantitative estimate of drug-likeness (QED) is 0.582. The van der Waals surface area contributed by atoms with Gasteiger partial charge in [-0.2, -0.15) is 0 Å². The Kier molecular flexibility index (Phi) is 2.77. The third-order valence-electron chi connectivity index (χ3n) is 3.70. The number of amides is 2. The van der Waals surface area contributed by atoms with Gasteiger partial charge in [0.1, 0.15) is 0 Å². The van der Waals surface area contributed by atoms with Crippen molar-refractivity contribution in [2.75, 3.05) is 6.54 Å². The van der Waals surface area contributed by atoms with Crippen LogP contribution in [0.25, 0.3) is 0 Å². The molecule has 0 bridgehead atoms. The minimum absolute atomic E-state index is 0.0148. The van der Waals surface area contributed by atoms with Crippen molar-refractivity contribution in [3.8, 4) is 0 Å². The van der Waals surface area contributed by atoms with Gasteiger partial charge in [0.15, 0.2) is 0 Å². The van der Waals surface area contributed by atoms with E-state index in [2.05, 4.69) is 0 Å². The maximum Gasteiger partial charge on any atom is 0.305 e. The lowest BCUT2D eigenvalue weighted by atomic mass is 9.72. The normalized spacial score (nSPS) is 31.8. The van der Waals surface area contributed by atoms with Crippen LogP contribution in [0.3, 0.4) is 0 Å². The number of allylic oxidation sites excluding steroid dienone is 2. The molecule has 1 aliphatic carbocycles. The van der Waals surface area contributed by atoms with Crippen LogP contribution in [0.5, 0.6) is 0 Å². The first-order valence-electron chi connectivity index (χ1n) is 5.69. The molecular formula is C12H15NO4. The first-order valence-corrected chi connectivity index (χ1v) is 5.69. The van der Waals surface area contributed by atoms with Gasteiger partial charge in [-0.05, 0) is 19.8 Å². The number of nitrogens with zero attached hydrogens (tertiary/aromatic N) is 1. The number of carbonyl (C=O) groups excluding carboxylic acids is 2. The standard InChI is InChI=1S/C12H15NO4/c1-12-6-3-2-4-8(12)10(16)13(11(12)17)7-5-9(14)15/h2-3,8H,4-7H2,1H3,(H,14,15)/t8-,12+/m1/s1. The summed E-state index contributed by atoms with van der Waals surface area (Å²) in [5.74, 6) is -1.75. The maximum atomic E-state index is 12.2. The summed E-state index contributed by atoms with van der Waals surface area (Å²) in [5, 5.41) is 8.61. The van der Waals surface area contributed by atoms with Crippen molar-refractivity contribution in [1.29, 1.82) is 0 Å². The number of carbonyl (C=O) groups is 3. The fourth-order valence-electron chi connectivity index (χ4n) is 2.59. The Morgan fingerprint density at radius 3 is 2.82 bits per heavy atom. The Morgan fingerprint density at radius 1 is 1.53 bits per heavy atom. The van der Waals surface area contributed by atoms with E-state index < -0.39 is 11.4 Å². The number of carboxylic acids is 1. The van der Waals surface area contributed by atoms with Crippen molar-refractivity contribution < 1.29 is 19.5 Å². The summed E-state index contributed by atoms with van der Waals surface area (Å²) in [5.41, 5.74) is -0.662. The van der Waals surface area contributed by atoms with Crippen LogP contribution in [0.2, 0.25) is 0 Å². The molecule has 5 nitrogen and oxygen atoms in total. The maximum absolute atomic E-state index is 12.2. The van der Waals surface area contributed by atoms with Gasteiger partial charge in [0.2, 0.25) is 11.8 Å². The molecule has 0 aromatic rings. The van der Waals surface area contributed by atoms with E-state index in [1.807, 2.05) is 12.2 Å². The van der Waals surface area contributed by atoms with E-state index in [9.17, 15) is 14.4 Å². The molecule has 1 N–H and O–H groups in total. The van der Waals surface area contributed by atoms with Crippen LogP contribution in [0, 0.1) is 11.3 Å². The molecule has 92 valence electrons. The van der Waals surface area contributed by atoms with Crippen LogP contribution >= 0.6 is 0 Å². The summed E-state index contributed by atoms with van der Waals surface area (Å²) < 4.78 is 0. The highest BCUT2D eigenvalue weighted by Gasteiger charge is 2.55. The van der Waals surface area contributed by atoms with Gasteiger partial charge in [-0.1, -0.05) is 12.2 Å². The van der Waals surface area contributed by atoms with Crippen molar-refractivity contribution in [3.05, 3.63) is 12.2 Å². The highest BCUT2D eigenvalue weighted by Crippen LogP contribution is 2.45. The lowest BCUT2D eigenvalue weighted by molar-refractivity contribution is -0.142. The number of likely N-dealkylation sites (tertiary alicyclic amines) is 1. The summed E-state index contributed by atoms with van der Waals surface area (Å²) in [7, 11) is 0. The van der Waals surface area contributed by atoms with Crippen molar-refractivity contribution in [2.45, 2.75) is 26.2 Å². The van der Waals surface area contributed by atoms with Crippen LogP contribution in [0.15, 0.2) is 12.2 Å². The highest BCUT2D eigenvalue weighted by molar-refractivity contribution is 6.07. The van der Waals surface area contributed by atoms with E-state index in [1.165, 1.54) is 0 Å². The zero-order chi connectivity index (χ0) is 12.6. The van der Waals surface area contributed by atoms with Gasteiger partial charge in [-0.15, -0.1) is 0 Å². The van der Waals surface area contributed by atoms with E-state index >= 15 is 0 Å². The summed E-state index contributed by atoms with van der Waals surface area (Å²) in [6.45, 7) is 1.78. The molecule has 1 aliphatic heterocycles. The third kappa shape index (κ3) is 1.75. The number of imide groups is 1. The minimum atomic E-state index is -0.997. The lowest BCUT2D eigenvalue weighted by Crippen LogP contribution is -2.36. The second kappa shape index (κ2) is 3.98. The average molecular weight is 237 g/mol. The monoisotopic (exact) mass is 237 g/mol.